The number of rotatable bonds is 2. The summed E-state index contributed by atoms with van der Waals surface area (Å²) in [5, 5.41) is 11.3. The van der Waals surface area contributed by atoms with Crippen molar-refractivity contribution in [1.29, 1.82) is 0 Å². The predicted molar refractivity (Wildman–Crippen MR) is 53.1 cm³/mol. The highest BCUT2D eigenvalue weighted by Gasteiger charge is 2.06. The Kier molecular flexibility index (Phi) is 2.64. The topological polar surface area (TPSA) is 43.6 Å². The molecule has 0 aliphatic heterocycles. The van der Waals surface area contributed by atoms with Gasteiger partial charge in [-0.3, -0.25) is 0 Å². The van der Waals surface area contributed by atoms with Gasteiger partial charge in [0.15, 0.2) is 0 Å². The second-order valence-corrected chi connectivity index (χ2v) is 3.56. The third-order valence-electron chi connectivity index (χ3n) is 2.05. The highest BCUT2D eigenvalue weighted by molar-refractivity contribution is 6.30. The van der Waals surface area contributed by atoms with E-state index >= 15 is 0 Å². The van der Waals surface area contributed by atoms with Crippen LogP contribution in [0.5, 0.6) is 0 Å². The quantitative estimate of drug-likeness (QED) is 0.785. The lowest BCUT2D eigenvalue weighted by Crippen LogP contribution is -2.05. The van der Waals surface area contributed by atoms with Gasteiger partial charge in [0.1, 0.15) is 11.6 Å². The standard InChI is InChI=1S/C9H8ClFN4/c1-6-12-13-14-15(6)5-7-2-3-8(10)4-9(7)11/h2-4H,5H2,1H3. The Bertz CT molecular complexity index is 483. The highest BCUT2D eigenvalue weighted by Crippen LogP contribution is 2.15. The molecule has 1 aromatic heterocycles. The maximum atomic E-state index is 13.4. The van der Waals surface area contributed by atoms with Gasteiger partial charge in [-0.15, -0.1) is 5.10 Å². The molecule has 0 radical (unpaired) electrons. The summed E-state index contributed by atoms with van der Waals surface area (Å²) in [5.74, 6) is 0.293. The fourth-order valence-corrected chi connectivity index (χ4v) is 1.37. The Balaban J connectivity index is 2.29. The van der Waals surface area contributed by atoms with E-state index in [1.165, 1.54) is 10.7 Å². The molecule has 0 unspecified atom stereocenters. The monoisotopic (exact) mass is 226 g/mol. The maximum absolute atomic E-state index is 13.4. The molecule has 78 valence electrons. The van der Waals surface area contributed by atoms with Crippen LogP contribution in [0.25, 0.3) is 0 Å². The average molecular weight is 227 g/mol. The SMILES string of the molecule is Cc1nnnn1Cc1ccc(Cl)cc1F. The van der Waals surface area contributed by atoms with Crippen molar-refractivity contribution in [2.45, 2.75) is 13.5 Å². The van der Waals surface area contributed by atoms with E-state index in [-0.39, 0.29) is 5.82 Å². The first-order chi connectivity index (χ1) is 7.16. The number of benzene rings is 1. The molecule has 0 fully saturated rings. The molecule has 0 saturated carbocycles. The van der Waals surface area contributed by atoms with Gasteiger partial charge >= 0.3 is 0 Å². The molecule has 1 aromatic carbocycles. The second-order valence-electron chi connectivity index (χ2n) is 3.12. The highest BCUT2D eigenvalue weighted by atomic mass is 35.5. The Morgan fingerprint density at radius 1 is 1.47 bits per heavy atom. The first-order valence-corrected chi connectivity index (χ1v) is 4.71. The molecule has 6 heteroatoms. The van der Waals surface area contributed by atoms with Crippen LogP contribution >= 0.6 is 11.6 Å². The van der Waals surface area contributed by atoms with Crippen LogP contribution in [-0.2, 0) is 6.54 Å². The van der Waals surface area contributed by atoms with Crippen molar-refractivity contribution < 1.29 is 4.39 Å². The summed E-state index contributed by atoms with van der Waals surface area (Å²) in [5.41, 5.74) is 0.509. The number of aromatic nitrogens is 4. The van der Waals surface area contributed by atoms with Crippen molar-refractivity contribution in [1.82, 2.24) is 20.2 Å². The zero-order chi connectivity index (χ0) is 10.8. The summed E-state index contributed by atoms with van der Waals surface area (Å²) in [6.45, 7) is 2.07. The van der Waals surface area contributed by atoms with Crippen LogP contribution in [0.4, 0.5) is 4.39 Å². The van der Waals surface area contributed by atoms with Gasteiger partial charge in [0.2, 0.25) is 0 Å². The van der Waals surface area contributed by atoms with Crippen LogP contribution in [0.3, 0.4) is 0 Å². The van der Waals surface area contributed by atoms with E-state index in [9.17, 15) is 4.39 Å². The Hall–Kier alpha value is -1.49. The summed E-state index contributed by atoms with van der Waals surface area (Å²) < 4.78 is 14.9. The molecule has 0 bridgehead atoms. The van der Waals surface area contributed by atoms with Gasteiger partial charge in [0, 0.05) is 10.6 Å². The van der Waals surface area contributed by atoms with E-state index in [1.54, 1.807) is 19.1 Å². The summed E-state index contributed by atoms with van der Waals surface area (Å²) in [4.78, 5) is 0. The van der Waals surface area contributed by atoms with E-state index < -0.39 is 0 Å². The van der Waals surface area contributed by atoms with Crippen molar-refractivity contribution in [3.63, 3.8) is 0 Å². The first kappa shape index (κ1) is 10.0. The van der Waals surface area contributed by atoms with Crippen LogP contribution in [0.15, 0.2) is 18.2 Å². The van der Waals surface area contributed by atoms with Gasteiger partial charge in [-0.2, -0.15) is 0 Å². The minimum absolute atomic E-state index is 0.307. The minimum Gasteiger partial charge on any atom is -0.225 e. The van der Waals surface area contributed by atoms with Crippen LogP contribution in [0, 0.1) is 12.7 Å². The predicted octanol–water partition coefficient (Wildman–Crippen LogP) is 1.82. The van der Waals surface area contributed by atoms with Crippen molar-refractivity contribution in [2.24, 2.45) is 0 Å². The zero-order valence-corrected chi connectivity index (χ0v) is 8.74. The summed E-state index contributed by atoms with van der Waals surface area (Å²) >= 11 is 5.64. The fourth-order valence-electron chi connectivity index (χ4n) is 1.21. The first-order valence-electron chi connectivity index (χ1n) is 4.33. The molecule has 15 heavy (non-hydrogen) atoms. The van der Waals surface area contributed by atoms with Gasteiger partial charge in [0.05, 0.1) is 6.54 Å². The third kappa shape index (κ3) is 2.12. The molecule has 4 nitrogen and oxygen atoms in total. The van der Waals surface area contributed by atoms with Gasteiger partial charge < -0.3 is 0 Å². The normalized spacial score (nSPS) is 10.6. The lowest BCUT2D eigenvalue weighted by atomic mass is 10.2. The Morgan fingerprint density at radius 3 is 2.87 bits per heavy atom. The third-order valence-corrected chi connectivity index (χ3v) is 2.28. The van der Waals surface area contributed by atoms with Gasteiger partial charge in [-0.25, -0.2) is 9.07 Å². The fraction of sp³-hybridized carbons (Fsp3) is 0.222. The smallest absolute Gasteiger partial charge is 0.148 e. The van der Waals surface area contributed by atoms with E-state index in [0.29, 0.717) is 23.0 Å². The summed E-state index contributed by atoms with van der Waals surface area (Å²) in [7, 11) is 0. The van der Waals surface area contributed by atoms with Crippen LogP contribution in [0.1, 0.15) is 11.4 Å². The van der Waals surface area contributed by atoms with Crippen molar-refractivity contribution in [2.75, 3.05) is 0 Å². The molecular weight excluding hydrogens is 219 g/mol. The molecule has 2 rings (SSSR count). The maximum Gasteiger partial charge on any atom is 0.148 e. The minimum atomic E-state index is -0.350. The molecule has 0 amide bonds. The number of nitrogens with zero attached hydrogens (tertiary/aromatic N) is 4. The van der Waals surface area contributed by atoms with E-state index in [0.717, 1.165) is 0 Å². The van der Waals surface area contributed by atoms with Crippen molar-refractivity contribution in [3.05, 3.63) is 40.4 Å². The van der Waals surface area contributed by atoms with Crippen molar-refractivity contribution >= 4 is 11.6 Å². The molecule has 2 aromatic rings. The summed E-state index contributed by atoms with van der Waals surface area (Å²) in [6.07, 6.45) is 0. The lowest BCUT2D eigenvalue weighted by molar-refractivity contribution is 0.571. The number of aryl methyl sites for hydroxylation is 1. The molecule has 0 aliphatic rings. The molecule has 1 heterocycles. The molecule has 0 aliphatic carbocycles. The molecule has 0 atom stereocenters. The van der Waals surface area contributed by atoms with Crippen LogP contribution in [0.2, 0.25) is 5.02 Å². The Morgan fingerprint density at radius 2 is 2.27 bits per heavy atom. The van der Waals surface area contributed by atoms with E-state index in [2.05, 4.69) is 15.5 Å². The molecule has 0 N–H and O–H groups in total. The summed E-state index contributed by atoms with van der Waals surface area (Å²) in [6, 6.07) is 4.54. The zero-order valence-electron chi connectivity index (χ0n) is 7.98. The molecule has 0 saturated heterocycles. The lowest BCUT2D eigenvalue weighted by Gasteiger charge is -2.03. The number of hydrogen-bond donors (Lipinski definition) is 0. The van der Waals surface area contributed by atoms with Crippen LogP contribution < -0.4 is 0 Å². The van der Waals surface area contributed by atoms with E-state index in [1.807, 2.05) is 0 Å². The number of hydrogen-bond acceptors (Lipinski definition) is 3. The number of tetrazole rings is 1. The van der Waals surface area contributed by atoms with Gasteiger partial charge in [-0.1, -0.05) is 17.7 Å². The average Bonchev–Trinajstić information content (AvgIpc) is 2.57. The van der Waals surface area contributed by atoms with E-state index in [4.69, 9.17) is 11.6 Å². The van der Waals surface area contributed by atoms with Crippen molar-refractivity contribution in [3.8, 4) is 0 Å². The largest absolute Gasteiger partial charge is 0.225 e. The van der Waals surface area contributed by atoms with Gasteiger partial charge in [-0.05, 0) is 29.5 Å². The number of halogens is 2. The second kappa shape index (κ2) is 3.94. The Labute approximate surface area is 90.7 Å². The molecule has 0 spiro atoms. The molecular formula is C9H8ClFN4. The van der Waals surface area contributed by atoms with Gasteiger partial charge in [0.25, 0.3) is 0 Å². The van der Waals surface area contributed by atoms with Crippen LogP contribution in [-0.4, -0.2) is 20.2 Å².